The van der Waals surface area contributed by atoms with Gasteiger partial charge in [0.15, 0.2) is 5.76 Å². The van der Waals surface area contributed by atoms with Crippen molar-refractivity contribution >= 4 is 5.78 Å². The van der Waals surface area contributed by atoms with E-state index in [1.54, 1.807) is 0 Å². The molecule has 1 N–H and O–H groups in total. The summed E-state index contributed by atoms with van der Waals surface area (Å²) in [5.74, 6) is 0.106. The van der Waals surface area contributed by atoms with Crippen LogP contribution in [0.25, 0.3) is 0 Å². The first-order valence-electron chi connectivity index (χ1n) is 5.66. The Bertz CT molecular complexity index is 310. The van der Waals surface area contributed by atoms with Crippen molar-refractivity contribution < 1.29 is 9.90 Å². The largest absolute Gasteiger partial charge is 0.504 e. The minimum absolute atomic E-state index is 0.0350. The van der Waals surface area contributed by atoms with Gasteiger partial charge in [0.25, 0.3) is 0 Å². The maximum Gasteiger partial charge on any atom is 0.223 e. The highest BCUT2D eigenvalue weighted by molar-refractivity contribution is 6.10. The third kappa shape index (κ3) is 2.14. The van der Waals surface area contributed by atoms with Crippen molar-refractivity contribution in [2.75, 3.05) is 0 Å². The van der Waals surface area contributed by atoms with Crippen molar-refractivity contribution in [3.05, 3.63) is 23.5 Å². The fraction of sp³-hybridized carbons (Fsp3) is 0.615. The van der Waals surface area contributed by atoms with E-state index in [4.69, 9.17) is 0 Å². The predicted molar refractivity (Wildman–Crippen MR) is 61.7 cm³/mol. The van der Waals surface area contributed by atoms with Gasteiger partial charge in [0.1, 0.15) is 0 Å². The molecule has 0 bridgehead atoms. The number of aliphatic hydroxyl groups excluding tert-OH is 1. The Hall–Kier alpha value is -1.05. The first-order chi connectivity index (χ1) is 7.00. The fourth-order valence-electron chi connectivity index (χ4n) is 2.24. The zero-order valence-corrected chi connectivity index (χ0v) is 9.84. The Morgan fingerprint density at radius 2 is 2.07 bits per heavy atom. The molecule has 0 aromatic heterocycles. The Morgan fingerprint density at radius 3 is 2.53 bits per heavy atom. The van der Waals surface area contributed by atoms with Crippen molar-refractivity contribution in [3.8, 4) is 0 Å². The second-order valence-corrected chi connectivity index (χ2v) is 4.55. The molecule has 0 unspecified atom stereocenters. The predicted octanol–water partition coefficient (Wildman–Crippen LogP) is 3.40. The normalized spacial score (nSPS) is 22.0. The average molecular weight is 208 g/mol. The van der Waals surface area contributed by atoms with Gasteiger partial charge in [0, 0.05) is 11.5 Å². The van der Waals surface area contributed by atoms with Gasteiger partial charge in [0.05, 0.1) is 0 Å². The molecule has 2 heteroatoms. The van der Waals surface area contributed by atoms with Crippen molar-refractivity contribution in [1.29, 1.82) is 0 Å². The number of carbonyl (C=O) groups is 1. The highest BCUT2D eigenvalue weighted by Gasteiger charge is 2.36. The lowest BCUT2D eigenvalue weighted by Gasteiger charge is -2.18. The summed E-state index contributed by atoms with van der Waals surface area (Å²) >= 11 is 0. The summed E-state index contributed by atoms with van der Waals surface area (Å²) < 4.78 is 0. The van der Waals surface area contributed by atoms with E-state index in [-0.39, 0.29) is 17.5 Å². The van der Waals surface area contributed by atoms with Crippen LogP contribution in [0.2, 0.25) is 0 Å². The molecule has 84 valence electrons. The number of aliphatic hydroxyl groups is 1. The van der Waals surface area contributed by atoms with Gasteiger partial charge in [-0.1, -0.05) is 33.8 Å². The van der Waals surface area contributed by atoms with Gasteiger partial charge in [-0.05, 0) is 24.3 Å². The molecule has 1 aliphatic carbocycles. The molecule has 0 radical (unpaired) electrons. The number of rotatable bonds is 4. The van der Waals surface area contributed by atoms with Gasteiger partial charge in [-0.15, -0.1) is 0 Å². The monoisotopic (exact) mass is 208 g/mol. The minimum Gasteiger partial charge on any atom is -0.504 e. The van der Waals surface area contributed by atoms with Crippen molar-refractivity contribution in [1.82, 2.24) is 0 Å². The molecule has 2 nitrogen and oxygen atoms in total. The summed E-state index contributed by atoms with van der Waals surface area (Å²) in [6.45, 7) is 10.0. The van der Waals surface area contributed by atoms with Crippen LogP contribution in [0.5, 0.6) is 0 Å². The minimum atomic E-state index is -0.250. The summed E-state index contributed by atoms with van der Waals surface area (Å²) in [6.07, 6.45) is 2.90. The number of hydrogen-bond acceptors (Lipinski definition) is 2. The van der Waals surface area contributed by atoms with Crippen molar-refractivity contribution in [3.63, 3.8) is 0 Å². The van der Waals surface area contributed by atoms with Gasteiger partial charge < -0.3 is 5.11 Å². The lowest BCUT2D eigenvalue weighted by Crippen LogP contribution is -2.11. The van der Waals surface area contributed by atoms with Gasteiger partial charge in [-0.25, -0.2) is 0 Å². The van der Waals surface area contributed by atoms with E-state index in [1.165, 1.54) is 0 Å². The topological polar surface area (TPSA) is 37.3 Å². The summed E-state index contributed by atoms with van der Waals surface area (Å²) in [5, 5.41) is 9.74. The van der Waals surface area contributed by atoms with E-state index in [0.717, 1.165) is 24.8 Å². The number of carbonyl (C=O) groups excluding carboxylic acids is 1. The van der Waals surface area contributed by atoms with Crippen LogP contribution in [0.3, 0.4) is 0 Å². The Balaban J connectivity index is 2.95. The van der Waals surface area contributed by atoms with Crippen molar-refractivity contribution in [2.24, 2.45) is 11.8 Å². The fourth-order valence-corrected chi connectivity index (χ4v) is 2.24. The lowest BCUT2D eigenvalue weighted by molar-refractivity contribution is -0.114. The zero-order valence-electron chi connectivity index (χ0n) is 9.84. The van der Waals surface area contributed by atoms with Gasteiger partial charge in [-0.3, -0.25) is 4.79 Å². The quantitative estimate of drug-likeness (QED) is 0.719. The molecule has 0 fully saturated rings. The number of ketones is 1. The average Bonchev–Trinajstić information content (AvgIpc) is 2.39. The molecule has 1 aliphatic rings. The number of Topliss-reactive ketones (excluding diaryl/α,β-unsaturated/α-hetero) is 1. The molecule has 0 heterocycles. The number of unbranched alkanes of at least 4 members (excludes halogenated alkanes) is 1. The summed E-state index contributed by atoms with van der Waals surface area (Å²) in [4.78, 5) is 11.6. The maximum atomic E-state index is 11.6. The van der Waals surface area contributed by atoms with Crippen LogP contribution in [0.15, 0.2) is 23.5 Å². The second-order valence-electron chi connectivity index (χ2n) is 4.55. The van der Waals surface area contributed by atoms with E-state index >= 15 is 0 Å². The molecule has 15 heavy (non-hydrogen) atoms. The van der Waals surface area contributed by atoms with E-state index in [0.29, 0.717) is 11.5 Å². The Kier molecular flexibility index (Phi) is 3.72. The van der Waals surface area contributed by atoms with Crippen molar-refractivity contribution in [2.45, 2.75) is 40.0 Å². The zero-order chi connectivity index (χ0) is 11.6. The van der Waals surface area contributed by atoms with Gasteiger partial charge in [-0.2, -0.15) is 0 Å². The molecule has 0 aromatic carbocycles. The molecule has 1 atom stereocenters. The molecule has 0 aromatic rings. The van der Waals surface area contributed by atoms with Crippen LogP contribution < -0.4 is 0 Å². The molecular weight excluding hydrogens is 188 g/mol. The van der Waals surface area contributed by atoms with E-state index in [1.807, 2.05) is 0 Å². The van der Waals surface area contributed by atoms with Crippen LogP contribution in [0.1, 0.15) is 40.0 Å². The summed E-state index contributed by atoms with van der Waals surface area (Å²) in [7, 11) is 0. The summed E-state index contributed by atoms with van der Waals surface area (Å²) in [5.41, 5.74) is 1.47. The number of allylic oxidation sites excluding steroid dienone is 2. The highest BCUT2D eigenvalue weighted by atomic mass is 16.3. The Labute approximate surface area is 91.7 Å². The lowest BCUT2D eigenvalue weighted by atomic mass is 9.84. The standard InChI is InChI=1S/C13H20O2/c1-5-6-7-10-11(8(2)3)9(4)12(14)13(10)15/h8,11,15H,4-7H2,1-3H3/t11-/m0/s1. The third-order valence-electron chi connectivity index (χ3n) is 3.03. The molecule has 0 saturated carbocycles. The molecule has 0 amide bonds. The first kappa shape index (κ1) is 12.0. The van der Waals surface area contributed by atoms with Crippen LogP contribution in [0, 0.1) is 11.8 Å². The summed E-state index contributed by atoms with van der Waals surface area (Å²) in [6, 6.07) is 0. The van der Waals surface area contributed by atoms with Gasteiger partial charge in [0.2, 0.25) is 5.78 Å². The van der Waals surface area contributed by atoms with Gasteiger partial charge >= 0.3 is 0 Å². The van der Waals surface area contributed by atoms with Crippen LogP contribution in [0.4, 0.5) is 0 Å². The highest BCUT2D eigenvalue weighted by Crippen LogP contribution is 2.39. The smallest absolute Gasteiger partial charge is 0.223 e. The molecule has 0 aliphatic heterocycles. The second kappa shape index (κ2) is 4.65. The third-order valence-corrected chi connectivity index (χ3v) is 3.03. The maximum absolute atomic E-state index is 11.6. The van der Waals surface area contributed by atoms with Crippen LogP contribution >= 0.6 is 0 Å². The molecule has 0 spiro atoms. The molecular formula is C13H20O2. The number of hydrogen-bond donors (Lipinski definition) is 1. The van der Waals surface area contributed by atoms with Crippen LogP contribution in [-0.2, 0) is 4.79 Å². The van der Waals surface area contributed by atoms with Crippen LogP contribution in [-0.4, -0.2) is 10.9 Å². The SMILES string of the molecule is C=C1C(=O)C(O)=C(CCCC)[C@H]1C(C)C. The molecule has 1 rings (SSSR count). The first-order valence-corrected chi connectivity index (χ1v) is 5.66. The van der Waals surface area contributed by atoms with E-state index in [2.05, 4.69) is 27.4 Å². The van der Waals surface area contributed by atoms with E-state index in [9.17, 15) is 9.90 Å². The molecule has 0 saturated heterocycles. The van der Waals surface area contributed by atoms with E-state index < -0.39 is 0 Å². The Morgan fingerprint density at radius 1 is 1.47 bits per heavy atom.